The van der Waals surface area contributed by atoms with Crippen molar-refractivity contribution in [3.05, 3.63) is 28.8 Å². The molecule has 0 aliphatic heterocycles. The van der Waals surface area contributed by atoms with E-state index in [1.807, 2.05) is 6.08 Å². The molecular formula is C30H54N5O5P. The SMILES string of the molecule is CCCCCCCCCCCCCCCCCCOCCOP(=O)(O)CCC=CCn1cnc2c(=O)[nH]c(N)nc21. The number of anilines is 1. The zero-order chi connectivity index (χ0) is 29.6. The van der Waals surface area contributed by atoms with E-state index in [9.17, 15) is 14.3 Å². The fraction of sp³-hybridized carbons (Fsp3) is 0.767. The summed E-state index contributed by atoms with van der Waals surface area (Å²) in [5, 5.41) is 0. The molecule has 1 atom stereocenters. The maximum Gasteiger partial charge on any atom is 0.328 e. The molecule has 2 aromatic rings. The second kappa shape index (κ2) is 21.7. The first kappa shape index (κ1) is 35.2. The topological polar surface area (TPSA) is 145 Å². The molecule has 2 aromatic heterocycles. The van der Waals surface area contributed by atoms with Gasteiger partial charge in [-0.2, -0.15) is 4.98 Å². The highest BCUT2D eigenvalue weighted by Gasteiger charge is 2.17. The van der Waals surface area contributed by atoms with Gasteiger partial charge in [-0.1, -0.05) is 115 Å². The third kappa shape index (κ3) is 16.3. The van der Waals surface area contributed by atoms with Crippen LogP contribution >= 0.6 is 7.60 Å². The van der Waals surface area contributed by atoms with E-state index in [1.165, 1.54) is 103 Å². The summed E-state index contributed by atoms with van der Waals surface area (Å²) in [5.41, 5.74) is 5.83. The summed E-state index contributed by atoms with van der Waals surface area (Å²) in [5.74, 6) is 0.0283. The van der Waals surface area contributed by atoms with Crippen LogP contribution < -0.4 is 11.3 Å². The standard InChI is InChI=1S/C30H54N5O5P/c1-2-3-4-5-6-7-8-9-10-11-12-13-14-15-16-19-22-39-23-24-40-41(37,38)25-20-17-18-21-35-26-32-27-28(35)33-30(31)34-29(27)36/h17-18,26H,2-16,19-25H2,1H3,(H,37,38)(H3,31,33,34,36). The fourth-order valence-corrected chi connectivity index (χ4v) is 5.77. The van der Waals surface area contributed by atoms with Crippen molar-refractivity contribution in [3.63, 3.8) is 0 Å². The Hall–Kier alpha value is -2.00. The van der Waals surface area contributed by atoms with Crippen LogP contribution in [0.4, 0.5) is 5.95 Å². The molecule has 11 heteroatoms. The van der Waals surface area contributed by atoms with Crippen molar-refractivity contribution in [1.29, 1.82) is 0 Å². The number of aromatic nitrogens is 4. The number of aromatic amines is 1. The second-order valence-electron chi connectivity index (χ2n) is 10.9. The smallest absolute Gasteiger partial charge is 0.328 e. The first-order valence-corrected chi connectivity index (χ1v) is 17.6. The number of nitrogens with zero attached hydrogens (tertiary/aromatic N) is 3. The molecule has 0 radical (unpaired) electrons. The summed E-state index contributed by atoms with van der Waals surface area (Å²) >= 11 is 0. The van der Waals surface area contributed by atoms with Crippen LogP contribution in [0.1, 0.15) is 116 Å². The summed E-state index contributed by atoms with van der Waals surface area (Å²) in [6.07, 6.45) is 27.0. The minimum atomic E-state index is -3.66. The Kier molecular flexibility index (Phi) is 18.6. The third-order valence-electron chi connectivity index (χ3n) is 7.20. The second-order valence-corrected chi connectivity index (χ2v) is 12.9. The van der Waals surface area contributed by atoms with E-state index in [0.29, 0.717) is 31.8 Å². The molecule has 0 aliphatic rings. The highest BCUT2D eigenvalue weighted by Crippen LogP contribution is 2.42. The van der Waals surface area contributed by atoms with Gasteiger partial charge >= 0.3 is 7.60 Å². The Morgan fingerprint density at radius 3 is 2.10 bits per heavy atom. The number of imidazole rings is 1. The molecule has 0 saturated heterocycles. The molecule has 2 heterocycles. The van der Waals surface area contributed by atoms with Gasteiger partial charge in [0.2, 0.25) is 5.95 Å². The van der Waals surface area contributed by atoms with Gasteiger partial charge in [-0.05, 0) is 12.8 Å². The van der Waals surface area contributed by atoms with Crippen molar-refractivity contribution in [2.24, 2.45) is 0 Å². The number of nitrogens with one attached hydrogen (secondary N) is 1. The Balaban J connectivity index is 1.37. The van der Waals surface area contributed by atoms with Gasteiger partial charge in [0.25, 0.3) is 5.56 Å². The lowest BCUT2D eigenvalue weighted by Gasteiger charge is -2.11. The molecule has 0 aromatic carbocycles. The van der Waals surface area contributed by atoms with Gasteiger partial charge in [0, 0.05) is 13.2 Å². The normalized spacial score (nSPS) is 13.4. The minimum absolute atomic E-state index is 0.0260. The number of rotatable bonds is 26. The van der Waals surface area contributed by atoms with E-state index < -0.39 is 7.60 Å². The molecule has 0 fully saturated rings. The number of hydrogen-bond acceptors (Lipinski definition) is 7. The average molecular weight is 596 g/mol. The number of ether oxygens (including phenoxy) is 1. The Labute approximate surface area is 246 Å². The van der Waals surface area contributed by atoms with Gasteiger partial charge in [-0.3, -0.25) is 14.3 Å². The van der Waals surface area contributed by atoms with Gasteiger partial charge in [0.1, 0.15) is 0 Å². The number of hydrogen-bond donors (Lipinski definition) is 3. The van der Waals surface area contributed by atoms with E-state index in [0.717, 1.165) is 6.42 Å². The van der Waals surface area contributed by atoms with Crippen LogP contribution in [0.15, 0.2) is 23.3 Å². The highest BCUT2D eigenvalue weighted by atomic mass is 31.2. The van der Waals surface area contributed by atoms with Crippen molar-refractivity contribution in [3.8, 4) is 0 Å². The molecule has 0 amide bonds. The van der Waals surface area contributed by atoms with Gasteiger partial charge < -0.3 is 24.5 Å². The van der Waals surface area contributed by atoms with E-state index in [1.54, 1.807) is 10.6 Å². The largest absolute Gasteiger partial charge is 0.379 e. The lowest BCUT2D eigenvalue weighted by atomic mass is 10.0. The van der Waals surface area contributed by atoms with Crippen molar-refractivity contribution in [2.45, 2.75) is 123 Å². The molecule has 2 rings (SSSR count). The highest BCUT2D eigenvalue weighted by molar-refractivity contribution is 7.52. The van der Waals surface area contributed by atoms with Crippen LogP contribution in [0.3, 0.4) is 0 Å². The first-order valence-electron chi connectivity index (χ1n) is 15.8. The fourth-order valence-electron chi connectivity index (χ4n) is 4.81. The number of H-pyrrole nitrogens is 1. The van der Waals surface area contributed by atoms with Crippen molar-refractivity contribution < 1.29 is 18.7 Å². The Bertz CT molecular complexity index is 1090. The van der Waals surface area contributed by atoms with Crippen LogP contribution in [-0.2, 0) is 20.4 Å². The maximum absolute atomic E-state index is 12.2. The molecule has 0 saturated carbocycles. The lowest BCUT2D eigenvalue weighted by Crippen LogP contribution is -2.12. The number of allylic oxidation sites excluding steroid dienone is 2. The number of fused-ring (bicyclic) bond motifs is 1. The number of nitrogen functional groups attached to an aromatic ring is 1. The van der Waals surface area contributed by atoms with Crippen molar-refractivity contribution in [1.82, 2.24) is 19.5 Å². The number of unbranched alkanes of at least 4 members (excludes halogenated alkanes) is 15. The molecule has 0 bridgehead atoms. The van der Waals surface area contributed by atoms with E-state index in [4.69, 9.17) is 15.0 Å². The molecule has 1 unspecified atom stereocenters. The van der Waals surface area contributed by atoms with Crippen molar-refractivity contribution in [2.75, 3.05) is 31.7 Å². The summed E-state index contributed by atoms with van der Waals surface area (Å²) in [6.45, 7) is 3.78. The molecule has 4 N–H and O–H groups in total. The summed E-state index contributed by atoms with van der Waals surface area (Å²) in [6, 6.07) is 0. The summed E-state index contributed by atoms with van der Waals surface area (Å²) in [7, 11) is -3.66. The quantitative estimate of drug-likeness (QED) is 0.0592. The molecule has 0 spiro atoms. The zero-order valence-corrected chi connectivity index (χ0v) is 26.1. The summed E-state index contributed by atoms with van der Waals surface area (Å²) in [4.78, 5) is 32.4. The van der Waals surface area contributed by atoms with E-state index in [-0.39, 0.29) is 29.8 Å². The van der Waals surface area contributed by atoms with Gasteiger partial charge in [0.05, 0.1) is 25.7 Å². The van der Waals surface area contributed by atoms with Crippen LogP contribution in [0, 0.1) is 0 Å². The average Bonchev–Trinajstić information content (AvgIpc) is 3.34. The van der Waals surface area contributed by atoms with Gasteiger partial charge in [-0.15, -0.1) is 0 Å². The van der Waals surface area contributed by atoms with Crippen LogP contribution in [0.25, 0.3) is 11.2 Å². The Morgan fingerprint density at radius 1 is 0.902 bits per heavy atom. The molecule has 10 nitrogen and oxygen atoms in total. The van der Waals surface area contributed by atoms with Crippen LogP contribution in [0.2, 0.25) is 0 Å². The van der Waals surface area contributed by atoms with Crippen molar-refractivity contribution >= 4 is 24.7 Å². The van der Waals surface area contributed by atoms with Gasteiger partial charge in [-0.25, -0.2) is 4.98 Å². The van der Waals surface area contributed by atoms with Crippen LogP contribution in [-0.4, -0.2) is 50.4 Å². The third-order valence-corrected chi connectivity index (χ3v) is 8.61. The summed E-state index contributed by atoms with van der Waals surface area (Å²) < 4.78 is 24.6. The van der Waals surface area contributed by atoms with E-state index in [2.05, 4.69) is 21.9 Å². The van der Waals surface area contributed by atoms with Crippen LogP contribution in [0.5, 0.6) is 0 Å². The molecule has 234 valence electrons. The van der Waals surface area contributed by atoms with E-state index >= 15 is 0 Å². The first-order chi connectivity index (χ1) is 19.9. The predicted octanol–water partition coefficient (Wildman–Crippen LogP) is 7.13. The molecule has 41 heavy (non-hydrogen) atoms. The Morgan fingerprint density at radius 2 is 1.49 bits per heavy atom. The maximum atomic E-state index is 12.2. The minimum Gasteiger partial charge on any atom is -0.379 e. The molecular weight excluding hydrogens is 541 g/mol. The van der Waals surface area contributed by atoms with Gasteiger partial charge in [0.15, 0.2) is 11.2 Å². The predicted molar refractivity (Wildman–Crippen MR) is 167 cm³/mol. The monoisotopic (exact) mass is 595 g/mol. The zero-order valence-electron chi connectivity index (χ0n) is 25.2. The lowest BCUT2D eigenvalue weighted by molar-refractivity contribution is 0.0926. The number of nitrogens with two attached hydrogens (primary N) is 1. The molecule has 0 aliphatic carbocycles.